The average molecular weight is 311 g/mol. The number of hydrogen-bond acceptors (Lipinski definition) is 1. The molecule has 0 aromatic rings. The van der Waals surface area contributed by atoms with Crippen molar-refractivity contribution in [3.63, 3.8) is 0 Å². The van der Waals surface area contributed by atoms with Crippen LogP contribution in [0.1, 0.15) is 104 Å². The molecule has 130 valence electrons. The molecule has 0 spiro atoms. The molecule has 1 atom stereocenters. The molecule has 0 saturated heterocycles. The van der Waals surface area contributed by atoms with E-state index in [4.69, 9.17) is 5.11 Å². The molecule has 0 rings (SSSR count). The summed E-state index contributed by atoms with van der Waals surface area (Å²) < 4.78 is 0. The molecule has 0 saturated carbocycles. The number of carboxylic acid groups (broad SMARTS) is 1. The quantitative estimate of drug-likeness (QED) is 0.253. The number of allylic oxidation sites excluding steroid dienone is 1. The summed E-state index contributed by atoms with van der Waals surface area (Å²) in [6.45, 7) is 8.80. The maximum Gasteiger partial charge on any atom is 0.303 e. The molecule has 0 amide bonds. The lowest BCUT2D eigenvalue weighted by Crippen LogP contribution is -1.98. The molecule has 0 radical (unpaired) electrons. The van der Waals surface area contributed by atoms with E-state index in [1.807, 2.05) is 0 Å². The van der Waals surface area contributed by atoms with Crippen molar-refractivity contribution in [2.24, 2.45) is 5.92 Å². The molecule has 22 heavy (non-hydrogen) atoms. The number of carbonyl (C=O) groups is 1. The fourth-order valence-electron chi connectivity index (χ4n) is 2.82. The summed E-state index contributed by atoms with van der Waals surface area (Å²) in [7, 11) is 0. The summed E-state index contributed by atoms with van der Waals surface area (Å²) in [5.41, 5.74) is 1.42. The van der Waals surface area contributed by atoms with Gasteiger partial charge in [-0.3, -0.25) is 4.79 Å². The van der Waals surface area contributed by atoms with Crippen LogP contribution in [0.25, 0.3) is 0 Å². The summed E-state index contributed by atoms with van der Waals surface area (Å²) in [6.07, 6.45) is 16.4. The first-order valence-electron chi connectivity index (χ1n) is 9.44. The van der Waals surface area contributed by atoms with E-state index < -0.39 is 5.97 Å². The number of hydrogen-bond donors (Lipinski definition) is 1. The number of carboxylic acids is 1. The predicted octanol–water partition coefficient (Wildman–Crippen LogP) is 6.74. The van der Waals surface area contributed by atoms with Crippen LogP contribution in [0.3, 0.4) is 0 Å². The third-order valence-electron chi connectivity index (χ3n) is 4.46. The van der Waals surface area contributed by atoms with Crippen LogP contribution >= 0.6 is 0 Å². The van der Waals surface area contributed by atoms with Crippen molar-refractivity contribution >= 4 is 5.97 Å². The van der Waals surface area contributed by atoms with E-state index in [-0.39, 0.29) is 0 Å². The van der Waals surface area contributed by atoms with Crippen molar-refractivity contribution < 1.29 is 9.90 Å². The third kappa shape index (κ3) is 15.6. The Bertz CT molecular complexity index is 283. The lowest BCUT2D eigenvalue weighted by atomic mass is 9.94. The summed E-state index contributed by atoms with van der Waals surface area (Å²) in [5.74, 6) is 0.0742. The molecule has 0 aliphatic carbocycles. The zero-order chi connectivity index (χ0) is 16.6. The third-order valence-corrected chi connectivity index (χ3v) is 4.46. The van der Waals surface area contributed by atoms with Gasteiger partial charge in [0.2, 0.25) is 0 Å². The van der Waals surface area contributed by atoms with Crippen LogP contribution in [0.4, 0.5) is 0 Å². The fraction of sp³-hybridized carbons (Fsp3) is 0.850. The maximum absolute atomic E-state index is 10.4. The van der Waals surface area contributed by atoms with Gasteiger partial charge < -0.3 is 5.11 Å². The normalized spacial score (nSPS) is 12.3. The second-order valence-electron chi connectivity index (χ2n) is 6.90. The molecule has 0 bridgehead atoms. The first-order chi connectivity index (χ1) is 10.6. The van der Waals surface area contributed by atoms with Gasteiger partial charge in [0.15, 0.2) is 0 Å². The van der Waals surface area contributed by atoms with Crippen LogP contribution in [0.15, 0.2) is 12.2 Å². The van der Waals surface area contributed by atoms with Gasteiger partial charge in [-0.1, -0.05) is 77.4 Å². The molecular weight excluding hydrogens is 272 g/mol. The predicted molar refractivity (Wildman–Crippen MR) is 96.3 cm³/mol. The highest BCUT2D eigenvalue weighted by Gasteiger charge is 2.04. The van der Waals surface area contributed by atoms with Gasteiger partial charge in [0, 0.05) is 6.42 Å². The zero-order valence-corrected chi connectivity index (χ0v) is 15.0. The Morgan fingerprint density at radius 3 is 2.14 bits per heavy atom. The fourth-order valence-corrected chi connectivity index (χ4v) is 2.82. The summed E-state index contributed by atoms with van der Waals surface area (Å²) in [4.78, 5) is 10.4. The molecule has 0 fully saturated rings. The van der Waals surface area contributed by atoms with Crippen LogP contribution in [-0.4, -0.2) is 11.1 Å². The van der Waals surface area contributed by atoms with E-state index in [9.17, 15) is 4.79 Å². The van der Waals surface area contributed by atoms with Crippen molar-refractivity contribution in [1.29, 1.82) is 0 Å². The number of aliphatic carboxylic acids is 1. The molecule has 0 aliphatic heterocycles. The molecule has 1 unspecified atom stereocenters. The monoisotopic (exact) mass is 310 g/mol. The van der Waals surface area contributed by atoms with E-state index in [1.165, 1.54) is 76.2 Å². The van der Waals surface area contributed by atoms with E-state index in [0.29, 0.717) is 6.42 Å². The van der Waals surface area contributed by atoms with Crippen LogP contribution in [0.2, 0.25) is 0 Å². The highest BCUT2D eigenvalue weighted by molar-refractivity contribution is 5.66. The Hall–Kier alpha value is -0.790. The lowest BCUT2D eigenvalue weighted by Gasteiger charge is -2.12. The van der Waals surface area contributed by atoms with Crippen molar-refractivity contribution in [1.82, 2.24) is 0 Å². The minimum absolute atomic E-state index is 0.323. The van der Waals surface area contributed by atoms with Gasteiger partial charge in [-0.25, -0.2) is 0 Å². The average Bonchev–Trinajstić information content (AvgIpc) is 2.48. The summed E-state index contributed by atoms with van der Waals surface area (Å²) in [6, 6.07) is 0. The van der Waals surface area contributed by atoms with Gasteiger partial charge in [0.25, 0.3) is 0 Å². The van der Waals surface area contributed by atoms with Crippen LogP contribution in [-0.2, 0) is 4.79 Å². The van der Waals surface area contributed by atoms with Gasteiger partial charge in [0.05, 0.1) is 0 Å². The highest BCUT2D eigenvalue weighted by Crippen LogP contribution is 2.20. The van der Waals surface area contributed by atoms with Crippen LogP contribution < -0.4 is 0 Å². The van der Waals surface area contributed by atoms with Gasteiger partial charge in [-0.05, 0) is 38.0 Å². The van der Waals surface area contributed by atoms with Gasteiger partial charge >= 0.3 is 5.97 Å². The van der Waals surface area contributed by atoms with Gasteiger partial charge in [-0.2, -0.15) is 0 Å². The molecular formula is C20H38O2. The smallest absolute Gasteiger partial charge is 0.303 e. The Kier molecular flexibility index (Phi) is 14.6. The van der Waals surface area contributed by atoms with Gasteiger partial charge in [0.1, 0.15) is 0 Å². The van der Waals surface area contributed by atoms with Crippen molar-refractivity contribution in [2.75, 3.05) is 0 Å². The standard InChI is InChI=1S/C20H38O2/c1-4-5-6-7-8-10-13-18(2)16-17-19(3)14-11-9-12-15-20(21)22/h19H,2,4-17H2,1,3H3,(H,21,22). The molecule has 0 heterocycles. The van der Waals surface area contributed by atoms with Crippen molar-refractivity contribution in [3.8, 4) is 0 Å². The second-order valence-corrected chi connectivity index (χ2v) is 6.90. The van der Waals surface area contributed by atoms with Crippen molar-refractivity contribution in [3.05, 3.63) is 12.2 Å². The van der Waals surface area contributed by atoms with E-state index in [2.05, 4.69) is 20.4 Å². The Labute approximate surface area is 138 Å². The lowest BCUT2D eigenvalue weighted by molar-refractivity contribution is -0.137. The minimum atomic E-state index is -0.668. The molecule has 0 aromatic heterocycles. The number of unbranched alkanes of at least 4 members (excludes halogenated alkanes) is 7. The topological polar surface area (TPSA) is 37.3 Å². The van der Waals surface area contributed by atoms with Crippen molar-refractivity contribution in [2.45, 2.75) is 104 Å². The highest BCUT2D eigenvalue weighted by atomic mass is 16.4. The van der Waals surface area contributed by atoms with Crippen LogP contribution in [0, 0.1) is 5.92 Å². The number of rotatable bonds is 16. The Morgan fingerprint density at radius 2 is 1.45 bits per heavy atom. The first kappa shape index (κ1) is 21.2. The van der Waals surface area contributed by atoms with E-state index in [0.717, 1.165) is 18.8 Å². The minimum Gasteiger partial charge on any atom is -0.481 e. The Morgan fingerprint density at radius 1 is 0.864 bits per heavy atom. The Balaban J connectivity index is 3.39. The summed E-state index contributed by atoms with van der Waals surface area (Å²) >= 11 is 0. The molecule has 0 aliphatic rings. The van der Waals surface area contributed by atoms with Gasteiger partial charge in [-0.15, -0.1) is 0 Å². The second kappa shape index (κ2) is 15.1. The first-order valence-corrected chi connectivity index (χ1v) is 9.44. The largest absolute Gasteiger partial charge is 0.481 e. The van der Waals surface area contributed by atoms with E-state index in [1.54, 1.807) is 0 Å². The zero-order valence-electron chi connectivity index (χ0n) is 15.0. The molecule has 0 aromatic carbocycles. The SMILES string of the molecule is C=C(CCCCCCCC)CCC(C)CCCCCC(=O)O. The molecule has 2 heteroatoms. The van der Waals surface area contributed by atoms with Crippen LogP contribution in [0.5, 0.6) is 0 Å². The molecule has 1 N–H and O–H groups in total. The summed E-state index contributed by atoms with van der Waals surface area (Å²) in [5, 5.41) is 8.59. The maximum atomic E-state index is 10.4. The van der Waals surface area contributed by atoms with E-state index >= 15 is 0 Å². The molecule has 2 nitrogen and oxygen atoms in total.